The van der Waals surface area contributed by atoms with Crippen molar-refractivity contribution in [2.45, 2.75) is 44.3 Å². The molecule has 0 bridgehead atoms. The first-order valence-corrected chi connectivity index (χ1v) is 8.05. The molecule has 2 amide bonds. The summed E-state index contributed by atoms with van der Waals surface area (Å²) in [6.45, 7) is 2.90. The first-order valence-electron chi connectivity index (χ1n) is 8.05. The van der Waals surface area contributed by atoms with Gasteiger partial charge in [0.05, 0.1) is 13.7 Å². The summed E-state index contributed by atoms with van der Waals surface area (Å²) in [5, 5.41) is 5.05. The Balaban J connectivity index is 2.70. The number of rotatable bonds is 1. The van der Waals surface area contributed by atoms with Crippen LogP contribution in [0.5, 0.6) is 0 Å². The summed E-state index contributed by atoms with van der Waals surface area (Å²) in [5.74, 6) is -1.54. The van der Waals surface area contributed by atoms with Crippen LogP contribution in [-0.4, -0.2) is 69.4 Å². The van der Waals surface area contributed by atoms with Crippen molar-refractivity contribution in [2.24, 2.45) is 5.73 Å². The van der Waals surface area contributed by atoms with Gasteiger partial charge in [-0.15, -0.1) is 0 Å². The quantitative estimate of drug-likeness (QED) is 0.503. The highest BCUT2D eigenvalue weighted by Crippen LogP contribution is 2.00. The molecule has 4 N–H and O–H groups in total. The van der Waals surface area contributed by atoms with Crippen LogP contribution in [0.2, 0.25) is 0 Å². The minimum Gasteiger partial charge on any atom is -0.467 e. The van der Waals surface area contributed by atoms with Crippen LogP contribution >= 0.6 is 0 Å². The lowest BCUT2D eigenvalue weighted by Crippen LogP contribution is -2.54. The lowest BCUT2D eigenvalue weighted by Gasteiger charge is -2.21. The second kappa shape index (κ2) is 11.0. The van der Waals surface area contributed by atoms with Gasteiger partial charge in [0.1, 0.15) is 18.1 Å². The second-order valence-corrected chi connectivity index (χ2v) is 5.60. The molecule has 0 aromatic heterocycles. The number of amides is 2. The highest BCUT2D eigenvalue weighted by molar-refractivity contribution is 5.91. The van der Waals surface area contributed by atoms with Crippen molar-refractivity contribution in [3.05, 3.63) is 0 Å². The molecule has 1 heterocycles. The van der Waals surface area contributed by atoms with Gasteiger partial charge in [-0.3, -0.25) is 9.59 Å². The van der Waals surface area contributed by atoms with Gasteiger partial charge < -0.3 is 30.6 Å². The van der Waals surface area contributed by atoms with E-state index in [-0.39, 0.29) is 13.0 Å². The Kier molecular flexibility index (Phi) is 9.28. The van der Waals surface area contributed by atoms with Crippen LogP contribution in [0.25, 0.3) is 0 Å². The maximum atomic E-state index is 12.1. The average molecular weight is 345 g/mol. The molecular weight excluding hydrogens is 318 g/mol. The van der Waals surface area contributed by atoms with Crippen molar-refractivity contribution in [2.75, 3.05) is 33.5 Å². The Morgan fingerprint density at radius 3 is 2.46 bits per heavy atom. The van der Waals surface area contributed by atoms with E-state index in [9.17, 15) is 14.4 Å². The van der Waals surface area contributed by atoms with Crippen LogP contribution in [0.1, 0.15) is 26.2 Å². The Labute approximate surface area is 141 Å². The van der Waals surface area contributed by atoms with Gasteiger partial charge in [0.2, 0.25) is 11.8 Å². The third-order valence-electron chi connectivity index (χ3n) is 3.57. The second-order valence-electron chi connectivity index (χ2n) is 5.60. The van der Waals surface area contributed by atoms with Crippen molar-refractivity contribution in [1.29, 1.82) is 0 Å². The van der Waals surface area contributed by atoms with Crippen LogP contribution in [0.3, 0.4) is 0 Å². The summed E-state index contributed by atoms with van der Waals surface area (Å²) in [7, 11) is 1.25. The molecule has 0 aliphatic carbocycles. The molecule has 9 heteroatoms. The minimum absolute atomic E-state index is 0.0752. The highest BCUT2D eigenvalue weighted by Gasteiger charge is 2.26. The first-order chi connectivity index (χ1) is 11.5. The molecule has 0 radical (unpaired) electrons. The molecule has 9 nitrogen and oxygen atoms in total. The number of methoxy groups -OCH3 is 1. The van der Waals surface area contributed by atoms with E-state index < -0.39 is 35.9 Å². The van der Waals surface area contributed by atoms with Crippen LogP contribution in [0, 0.1) is 0 Å². The number of carbonyl (C=O) groups is 3. The summed E-state index contributed by atoms with van der Waals surface area (Å²) < 4.78 is 15.5. The first kappa shape index (κ1) is 20.3. The number of nitrogens with one attached hydrogen (secondary N) is 2. The fourth-order valence-electron chi connectivity index (χ4n) is 2.07. The molecule has 3 atom stereocenters. The van der Waals surface area contributed by atoms with Crippen LogP contribution in [-0.2, 0) is 28.6 Å². The van der Waals surface area contributed by atoms with Crippen molar-refractivity contribution >= 4 is 17.8 Å². The maximum absolute atomic E-state index is 12.1. The van der Waals surface area contributed by atoms with Crippen molar-refractivity contribution in [3.63, 3.8) is 0 Å². The molecule has 1 rings (SSSR count). The zero-order chi connectivity index (χ0) is 17.9. The summed E-state index contributed by atoms with van der Waals surface area (Å²) >= 11 is 0. The van der Waals surface area contributed by atoms with Gasteiger partial charge in [0.25, 0.3) is 0 Å². The predicted octanol–water partition coefficient (Wildman–Crippen LogP) is -1.31. The number of nitrogens with two attached hydrogens (primary N) is 1. The molecule has 0 unspecified atom stereocenters. The predicted molar refractivity (Wildman–Crippen MR) is 85.0 cm³/mol. The topological polar surface area (TPSA) is 129 Å². The van der Waals surface area contributed by atoms with E-state index in [4.69, 9.17) is 15.2 Å². The summed E-state index contributed by atoms with van der Waals surface area (Å²) in [6.07, 6.45) is 1.85. The molecule has 1 saturated heterocycles. The van der Waals surface area contributed by atoms with E-state index in [0.717, 1.165) is 12.8 Å². The lowest BCUT2D eigenvalue weighted by atomic mass is 10.2. The Morgan fingerprint density at radius 2 is 1.79 bits per heavy atom. The highest BCUT2D eigenvalue weighted by atomic mass is 16.5. The van der Waals surface area contributed by atoms with Gasteiger partial charge in [-0.25, -0.2) is 4.79 Å². The molecule has 1 fully saturated rings. The molecular formula is C15H27N3O6. The van der Waals surface area contributed by atoms with Crippen molar-refractivity contribution < 1.29 is 28.6 Å². The Hall–Kier alpha value is -1.71. The third-order valence-corrected chi connectivity index (χ3v) is 3.57. The molecule has 24 heavy (non-hydrogen) atoms. The van der Waals surface area contributed by atoms with Crippen LogP contribution in [0.4, 0.5) is 0 Å². The Bertz CT molecular complexity index is 431. The SMILES string of the molecule is COC(=O)[C@@H]1CCOCCCCOC[C@H](N)C(=O)N[C@@H](C)C(=O)N1. The molecule has 1 aliphatic rings. The third kappa shape index (κ3) is 7.24. The van der Waals surface area contributed by atoms with Crippen LogP contribution in [0.15, 0.2) is 0 Å². The molecule has 0 aromatic carbocycles. The van der Waals surface area contributed by atoms with Crippen LogP contribution < -0.4 is 16.4 Å². The van der Waals surface area contributed by atoms with Gasteiger partial charge in [0, 0.05) is 26.2 Å². The van der Waals surface area contributed by atoms with E-state index in [1.807, 2.05) is 0 Å². The molecule has 0 spiro atoms. The van der Waals surface area contributed by atoms with E-state index in [0.29, 0.717) is 19.8 Å². The van der Waals surface area contributed by atoms with E-state index in [2.05, 4.69) is 15.4 Å². The lowest BCUT2D eigenvalue weighted by molar-refractivity contribution is -0.146. The number of hydrogen-bond donors (Lipinski definition) is 3. The van der Waals surface area contributed by atoms with E-state index in [1.165, 1.54) is 14.0 Å². The molecule has 138 valence electrons. The number of hydrogen-bond acceptors (Lipinski definition) is 7. The molecule has 0 saturated carbocycles. The van der Waals surface area contributed by atoms with Gasteiger partial charge in [-0.2, -0.15) is 0 Å². The standard InChI is InChI=1S/C15H27N3O6/c1-10-13(19)18-12(15(21)22-2)5-8-23-6-3-4-7-24-9-11(16)14(20)17-10/h10-12H,3-9,16H2,1-2H3,(H,17,20)(H,18,19)/t10-,11-,12-/m0/s1. The average Bonchev–Trinajstić information content (AvgIpc) is 2.56. The van der Waals surface area contributed by atoms with Crippen molar-refractivity contribution in [1.82, 2.24) is 10.6 Å². The fraction of sp³-hybridized carbons (Fsp3) is 0.800. The van der Waals surface area contributed by atoms with Gasteiger partial charge in [0.15, 0.2) is 0 Å². The van der Waals surface area contributed by atoms with E-state index >= 15 is 0 Å². The molecule has 0 aromatic rings. The zero-order valence-corrected chi connectivity index (χ0v) is 14.2. The summed E-state index contributed by atoms with van der Waals surface area (Å²) in [5.41, 5.74) is 5.72. The fourth-order valence-corrected chi connectivity index (χ4v) is 2.07. The van der Waals surface area contributed by atoms with Crippen molar-refractivity contribution in [3.8, 4) is 0 Å². The number of esters is 1. The molecule has 1 aliphatic heterocycles. The van der Waals surface area contributed by atoms with Gasteiger partial charge >= 0.3 is 5.97 Å². The maximum Gasteiger partial charge on any atom is 0.328 e. The van der Waals surface area contributed by atoms with Gasteiger partial charge in [-0.1, -0.05) is 0 Å². The smallest absolute Gasteiger partial charge is 0.328 e. The minimum atomic E-state index is -0.860. The summed E-state index contributed by atoms with van der Waals surface area (Å²) in [6, 6.07) is -2.53. The number of ether oxygens (including phenoxy) is 3. The number of carbonyl (C=O) groups excluding carboxylic acids is 3. The zero-order valence-electron chi connectivity index (χ0n) is 14.2. The summed E-state index contributed by atoms with van der Waals surface area (Å²) in [4.78, 5) is 35.8. The largest absolute Gasteiger partial charge is 0.467 e. The Morgan fingerprint density at radius 1 is 1.12 bits per heavy atom. The van der Waals surface area contributed by atoms with E-state index in [1.54, 1.807) is 0 Å². The monoisotopic (exact) mass is 345 g/mol. The van der Waals surface area contributed by atoms with Gasteiger partial charge in [-0.05, 0) is 19.8 Å². The normalized spacial score (nSPS) is 28.5.